The van der Waals surface area contributed by atoms with Crippen LogP contribution in [0, 0.1) is 5.92 Å². The Hall–Kier alpha value is -1.75. The summed E-state index contributed by atoms with van der Waals surface area (Å²) >= 11 is 0. The van der Waals surface area contributed by atoms with Crippen LogP contribution in [-0.4, -0.2) is 42.9 Å². The number of alkyl halides is 1. The molecule has 0 aliphatic carbocycles. The predicted octanol–water partition coefficient (Wildman–Crippen LogP) is 2.51. The summed E-state index contributed by atoms with van der Waals surface area (Å²) in [6, 6.07) is 6.85. The van der Waals surface area contributed by atoms with E-state index in [1.807, 2.05) is 4.90 Å². The Bertz CT molecular complexity index is 494. The Kier molecular flexibility index (Phi) is 5.44. The second-order valence-electron chi connectivity index (χ2n) is 5.56. The summed E-state index contributed by atoms with van der Waals surface area (Å²) in [5.74, 6) is 0.0799. The number of hydrogen-bond acceptors (Lipinski definition) is 3. The number of hydrogen-bond donors (Lipinski definition) is 1. The first kappa shape index (κ1) is 15.6. The van der Waals surface area contributed by atoms with Gasteiger partial charge in [-0.15, -0.1) is 0 Å². The highest BCUT2D eigenvalue weighted by molar-refractivity contribution is 5.96. The van der Waals surface area contributed by atoms with Crippen molar-refractivity contribution in [3.63, 3.8) is 0 Å². The third-order valence-electron chi connectivity index (χ3n) is 3.87. The largest absolute Gasteiger partial charge is 0.325 e. The van der Waals surface area contributed by atoms with Gasteiger partial charge in [0.15, 0.2) is 5.78 Å². The number of Topliss-reactive ketones (excluding diaryl/α,β-unsaturated/α-hetero) is 1. The van der Waals surface area contributed by atoms with Crippen LogP contribution in [0.2, 0.25) is 0 Å². The maximum Gasteiger partial charge on any atom is 0.238 e. The van der Waals surface area contributed by atoms with E-state index in [1.165, 1.54) is 6.92 Å². The van der Waals surface area contributed by atoms with Crippen molar-refractivity contribution in [3.8, 4) is 0 Å². The second kappa shape index (κ2) is 7.31. The summed E-state index contributed by atoms with van der Waals surface area (Å²) in [6.45, 7) is 3.11. The lowest BCUT2D eigenvalue weighted by Crippen LogP contribution is -2.39. The van der Waals surface area contributed by atoms with Crippen molar-refractivity contribution in [1.29, 1.82) is 0 Å². The Morgan fingerprint density at radius 2 is 1.86 bits per heavy atom. The van der Waals surface area contributed by atoms with Gasteiger partial charge in [0.05, 0.1) is 13.2 Å². The van der Waals surface area contributed by atoms with Crippen molar-refractivity contribution in [1.82, 2.24) is 4.90 Å². The molecule has 4 nitrogen and oxygen atoms in total. The van der Waals surface area contributed by atoms with E-state index in [2.05, 4.69) is 5.32 Å². The number of amides is 1. The molecule has 1 aliphatic heterocycles. The van der Waals surface area contributed by atoms with Gasteiger partial charge in [-0.05, 0) is 63.0 Å². The summed E-state index contributed by atoms with van der Waals surface area (Å²) in [6.07, 6.45) is 1.63. The van der Waals surface area contributed by atoms with Crippen molar-refractivity contribution in [2.24, 2.45) is 5.92 Å². The number of halogens is 1. The molecule has 1 aliphatic rings. The number of rotatable bonds is 5. The number of piperidine rings is 1. The molecule has 1 heterocycles. The Labute approximate surface area is 124 Å². The molecule has 1 fully saturated rings. The molecule has 0 saturated carbocycles. The molecule has 1 aromatic rings. The van der Waals surface area contributed by atoms with Crippen LogP contribution >= 0.6 is 0 Å². The number of anilines is 1. The number of carbonyl (C=O) groups excluding carboxylic acids is 2. The molecule has 1 saturated heterocycles. The average molecular weight is 292 g/mol. The Morgan fingerprint density at radius 1 is 1.24 bits per heavy atom. The van der Waals surface area contributed by atoms with Crippen molar-refractivity contribution < 1.29 is 14.0 Å². The zero-order chi connectivity index (χ0) is 15.2. The molecule has 0 radical (unpaired) electrons. The Balaban J connectivity index is 1.80. The highest BCUT2D eigenvalue weighted by atomic mass is 19.1. The summed E-state index contributed by atoms with van der Waals surface area (Å²) in [5.41, 5.74) is 1.31. The van der Waals surface area contributed by atoms with Gasteiger partial charge in [-0.2, -0.15) is 0 Å². The van der Waals surface area contributed by atoms with E-state index in [0.717, 1.165) is 25.9 Å². The quantitative estimate of drug-likeness (QED) is 0.848. The van der Waals surface area contributed by atoms with Gasteiger partial charge in [0.2, 0.25) is 5.91 Å². The van der Waals surface area contributed by atoms with Gasteiger partial charge in [-0.25, -0.2) is 0 Å². The fourth-order valence-electron chi connectivity index (χ4n) is 2.49. The topological polar surface area (TPSA) is 49.4 Å². The van der Waals surface area contributed by atoms with Gasteiger partial charge >= 0.3 is 0 Å². The van der Waals surface area contributed by atoms with Gasteiger partial charge in [-0.3, -0.25) is 18.9 Å². The van der Waals surface area contributed by atoms with Crippen LogP contribution in [0.15, 0.2) is 24.3 Å². The number of nitrogens with zero attached hydrogens (tertiary/aromatic N) is 1. The molecule has 0 spiro atoms. The van der Waals surface area contributed by atoms with Crippen molar-refractivity contribution in [3.05, 3.63) is 29.8 Å². The summed E-state index contributed by atoms with van der Waals surface area (Å²) in [4.78, 5) is 25.2. The van der Waals surface area contributed by atoms with Crippen LogP contribution in [0.1, 0.15) is 30.1 Å². The maximum atomic E-state index is 12.5. The number of carbonyl (C=O) groups is 2. The Morgan fingerprint density at radius 3 is 2.38 bits per heavy atom. The van der Waals surface area contributed by atoms with E-state index in [4.69, 9.17) is 0 Å². The molecular weight excluding hydrogens is 271 g/mol. The maximum absolute atomic E-state index is 12.5. The molecule has 1 aromatic carbocycles. The fraction of sp³-hybridized carbons (Fsp3) is 0.500. The van der Waals surface area contributed by atoms with Gasteiger partial charge in [-0.1, -0.05) is 0 Å². The number of benzene rings is 1. The third kappa shape index (κ3) is 4.63. The van der Waals surface area contributed by atoms with Crippen LogP contribution < -0.4 is 5.32 Å². The summed E-state index contributed by atoms with van der Waals surface area (Å²) in [5, 5.41) is 2.81. The lowest BCUT2D eigenvalue weighted by Gasteiger charge is -2.29. The average Bonchev–Trinajstić information content (AvgIpc) is 2.48. The SMILES string of the molecule is CC(=O)c1ccc(NC(=O)CN2CCC(CF)CC2)cc1. The van der Waals surface area contributed by atoms with E-state index < -0.39 is 0 Å². The van der Waals surface area contributed by atoms with Crippen molar-refractivity contribution >= 4 is 17.4 Å². The fourth-order valence-corrected chi connectivity index (χ4v) is 2.49. The van der Waals surface area contributed by atoms with Crippen LogP contribution in [-0.2, 0) is 4.79 Å². The molecule has 0 unspecified atom stereocenters. The molecule has 1 N–H and O–H groups in total. The molecule has 21 heavy (non-hydrogen) atoms. The summed E-state index contributed by atoms with van der Waals surface area (Å²) in [7, 11) is 0. The first-order valence-corrected chi connectivity index (χ1v) is 7.27. The lowest BCUT2D eigenvalue weighted by atomic mass is 9.98. The van der Waals surface area contributed by atoms with E-state index in [1.54, 1.807) is 24.3 Å². The molecule has 0 atom stereocenters. The molecule has 5 heteroatoms. The van der Waals surface area contributed by atoms with Gasteiger partial charge in [0.1, 0.15) is 0 Å². The van der Waals surface area contributed by atoms with E-state index in [-0.39, 0.29) is 24.3 Å². The van der Waals surface area contributed by atoms with E-state index >= 15 is 0 Å². The zero-order valence-electron chi connectivity index (χ0n) is 12.3. The van der Waals surface area contributed by atoms with E-state index in [0.29, 0.717) is 17.8 Å². The van der Waals surface area contributed by atoms with Crippen LogP contribution in [0.4, 0.5) is 10.1 Å². The minimum Gasteiger partial charge on any atom is -0.325 e. The number of ketones is 1. The minimum atomic E-state index is -0.261. The zero-order valence-corrected chi connectivity index (χ0v) is 12.3. The smallest absolute Gasteiger partial charge is 0.238 e. The normalized spacial score (nSPS) is 16.7. The minimum absolute atomic E-state index is 0.00334. The molecule has 0 aromatic heterocycles. The number of likely N-dealkylation sites (tertiary alicyclic amines) is 1. The first-order valence-electron chi connectivity index (χ1n) is 7.27. The molecule has 114 valence electrons. The highest BCUT2D eigenvalue weighted by Crippen LogP contribution is 2.17. The molecule has 0 bridgehead atoms. The van der Waals surface area contributed by atoms with Crippen molar-refractivity contribution in [2.45, 2.75) is 19.8 Å². The van der Waals surface area contributed by atoms with Crippen LogP contribution in [0.3, 0.4) is 0 Å². The van der Waals surface area contributed by atoms with Crippen LogP contribution in [0.25, 0.3) is 0 Å². The predicted molar refractivity (Wildman–Crippen MR) is 80.2 cm³/mol. The third-order valence-corrected chi connectivity index (χ3v) is 3.87. The van der Waals surface area contributed by atoms with Gasteiger partial charge in [0, 0.05) is 11.3 Å². The van der Waals surface area contributed by atoms with Gasteiger partial charge < -0.3 is 5.32 Å². The number of nitrogens with one attached hydrogen (secondary N) is 1. The second-order valence-corrected chi connectivity index (χ2v) is 5.56. The lowest BCUT2D eigenvalue weighted by molar-refractivity contribution is -0.117. The van der Waals surface area contributed by atoms with Crippen LogP contribution in [0.5, 0.6) is 0 Å². The molecular formula is C16H21FN2O2. The molecule has 1 amide bonds. The monoisotopic (exact) mass is 292 g/mol. The standard InChI is InChI=1S/C16H21FN2O2/c1-12(20)14-2-4-15(5-3-14)18-16(21)11-19-8-6-13(10-17)7-9-19/h2-5,13H,6-11H2,1H3,(H,18,21). The summed E-state index contributed by atoms with van der Waals surface area (Å²) < 4.78 is 12.5. The van der Waals surface area contributed by atoms with Gasteiger partial charge in [0.25, 0.3) is 0 Å². The van der Waals surface area contributed by atoms with E-state index in [9.17, 15) is 14.0 Å². The highest BCUT2D eigenvalue weighted by Gasteiger charge is 2.20. The molecule has 2 rings (SSSR count). The first-order chi connectivity index (χ1) is 10.1. The van der Waals surface area contributed by atoms with Crippen molar-refractivity contribution in [2.75, 3.05) is 31.6 Å².